The third-order valence-electron chi connectivity index (χ3n) is 5.09. The normalized spacial score (nSPS) is 14.3. The average molecular weight is 351 g/mol. The van der Waals surface area contributed by atoms with Gasteiger partial charge in [-0.1, -0.05) is 44.2 Å². The number of hydrogen-bond donors (Lipinski definition) is 1. The summed E-state index contributed by atoms with van der Waals surface area (Å²) in [5, 5.41) is 3.13. The fraction of sp³-hybridized carbons (Fsp3) is 0.409. The molecule has 4 nitrogen and oxygen atoms in total. The van der Waals surface area contributed by atoms with Crippen LogP contribution in [0.5, 0.6) is 0 Å². The molecular formula is C22H29N3O. The predicted molar refractivity (Wildman–Crippen MR) is 109 cm³/mol. The summed E-state index contributed by atoms with van der Waals surface area (Å²) < 4.78 is 0. The summed E-state index contributed by atoms with van der Waals surface area (Å²) in [6.07, 6.45) is 1.06. The van der Waals surface area contributed by atoms with Crippen molar-refractivity contribution < 1.29 is 4.79 Å². The van der Waals surface area contributed by atoms with Crippen LogP contribution in [0.15, 0.2) is 48.5 Å². The van der Waals surface area contributed by atoms with E-state index < -0.39 is 0 Å². The van der Waals surface area contributed by atoms with Crippen LogP contribution in [-0.2, 0) is 11.2 Å². The van der Waals surface area contributed by atoms with Crippen LogP contribution < -0.4 is 15.1 Å². The van der Waals surface area contributed by atoms with E-state index in [1.165, 1.54) is 22.5 Å². The lowest BCUT2D eigenvalue weighted by atomic mass is 10.0. The van der Waals surface area contributed by atoms with E-state index in [2.05, 4.69) is 63.6 Å². The van der Waals surface area contributed by atoms with Gasteiger partial charge in [-0.3, -0.25) is 4.79 Å². The largest absolute Gasteiger partial charge is 0.378 e. The molecular weight excluding hydrogens is 322 g/mol. The summed E-state index contributed by atoms with van der Waals surface area (Å²) in [6.45, 7) is 5.46. The minimum Gasteiger partial charge on any atom is -0.378 e. The third kappa shape index (κ3) is 3.85. The number of fused-ring (bicyclic) bond motifs is 1. The number of nitrogens with zero attached hydrogens (tertiary/aromatic N) is 2. The molecule has 0 aliphatic carbocycles. The Balaban J connectivity index is 1.88. The smallest absolute Gasteiger partial charge is 0.222 e. The van der Waals surface area contributed by atoms with Crippen LogP contribution >= 0.6 is 0 Å². The molecule has 0 unspecified atom stereocenters. The monoisotopic (exact) mass is 351 g/mol. The number of rotatable bonds is 6. The van der Waals surface area contributed by atoms with Gasteiger partial charge in [-0.25, -0.2) is 0 Å². The van der Waals surface area contributed by atoms with Gasteiger partial charge < -0.3 is 15.1 Å². The Morgan fingerprint density at radius 1 is 1.12 bits per heavy atom. The molecule has 1 aliphatic rings. The van der Waals surface area contributed by atoms with Crippen molar-refractivity contribution in [2.24, 2.45) is 5.92 Å². The van der Waals surface area contributed by atoms with E-state index in [9.17, 15) is 4.79 Å². The summed E-state index contributed by atoms with van der Waals surface area (Å²) in [5.41, 5.74) is 5.09. The summed E-state index contributed by atoms with van der Waals surface area (Å²) >= 11 is 0. The van der Waals surface area contributed by atoms with Gasteiger partial charge in [0.15, 0.2) is 0 Å². The fourth-order valence-corrected chi connectivity index (χ4v) is 3.49. The lowest BCUT2D eigenvalue weighted by molar-refractivity contribution is -0.124. The van der Waals surface area contributed by atoms with Gasteiger partial charge in [0.1, 0.15) is 0 Å². The molecule has 0 aromatic heterocycles. The van der Waals surface area contributed by atoms with Crippen molar-refractivity contribution in [1.29, 1.82) is 0 Å². The first-order chi connectivity index (χ1) is 12.5. The lowest BCUT2D eigenvalue weighted by Gasteiger charge is -2.31. The zero-order valence-corrected chi connectivity index (χ0v) is 16.2. The minimum absolute atomic E-state index is 0.00219. The van der Waals surface area contributed by atoms with Crippen molar-refractivity contribution in [3.63, 3.8) is 0 Å². The van der Waals surface area contributed by atoms with Crippen molar-refractivity contribution in [1.82, 2.24) is 5.32 Å². The zero-order valence-electron chi connectivity index (χ0n) is 16.2. The second kappa shape index (κ2) is 7.81. The highest BCUT2D eigenvalue weighted by atomic mass is 16.1. The van der Waals surface area contributed by atoms with Crippen LogP contribution in [0.4, 0.5) is 11.4 Å². The number of anilines is 2. The van der Waals surface area contributed by atoms with Crippen LogP contribution in [0.25, 0.3) is 0 Å². The van der Waals surface area contributed by atoms with Gasteiger partial charge in [0.05, 0.1) is 6.04 Å². The number of nitrogens with one attached hydrogen (secondary N) is 1. The first kappa shape index (κ1) is 18.3. The van der Waals surface area contributed by atoms with Gasteiger partial charge in [-0.15, -0.1) is 0 Å². The van der Waals surface area contributed by atoms with Crippen molar-refractivity contribution in [2.75, 3.05) is 37.0 Å². The Bertz CT molecular complexity index is 752. The molecule has 0 saturated carbocycles. The highest BCUT2D eigenvalue weighted by molar-refractivity contribution is 5.78. The Hall–Kier alpha value is -2.49. The molecule has 1 N–H and O–H groups in total. The molecule has 0 radical (unpaired) electrons. The molecule has 0 saturated heterocycles. The van der Waals surface area contributed by atoms with E-state index >= 15 is 0 Å². The molecule has 1 amide bonds. The maximum absolute atomic E-state index is 12.1. The number of hydrogen-bond acceptors (Lipinski definition) is 3. The molecule has 0 spiro atoms. The summed E-state index contributed by atoms with van der Waals surface area (Å²) in [5.74, 6) is 0.102. The van der Waals surface area contributed by atoms with Gasteiger partial charge in [0.25, 0.3) is 0 Å². The maximum Gasteiger partial charge on any atom is 0.222 e. The molecule has 26 heavy (non-hydrogen) atoms. The van der Waals surface area contributed by atoms with Gasteiger partial charge in [-0.05, 0) is 35.7 Å². The first-order valence-electron chi connectivity index (χ1n) is 9.37. The van der Waals surface area contributed by atoms with E-state index in [1.807, 2.05) is 27.9 Å². The molecule has 1 atom stereocenters. The fourth-order valence-electron chi connectivity index (χ4n) is 3.49. The van der Waals surface area contributed by atoms with Crippen LogP contribution in [0.1, 0.15) is 31.0 Å². The minimum atomic E-state index is -0.00219. The van der Waals surface area contributed by atoms with Gasteiger partial charge >= 0.3 is 0 Å². The number of amides is 1. The average Bonchev–Trinajstić information content (AvgIpc) is 3.06. The van der Waals surface area contributed by atoms with Gasteiger partial charge in [0.2, 0.25) is 5.91 Å². The standard InChI is InChI=1S/C22H29N3O/c1-16(2)22(26)23-15-21(18-9-11-19(12-10-18)24(3)4)25-14-13-17-7-5-6-8-20(17)25/h5-12,16,21H,13-15H2,1-4H3,(H,23,26)/t21-/m1/s1. The lowest BCUT2D eigenvalue weighted by Crippen LogP contribution is -2.38. The zero-order chi connectivity index (χ0) is 18.7. The van der Waals surface area contributed by atoms with Crippen LogP contribution in [0.2, 0.25) is 0 Å². The molecule has 2 aromatic carbocycles. The molecule has 3 rings (SSSR count). The Morgan fingerprint density at radius 2 is 1.81 bits per heavy atom. The van der Waals surface area contributed by atoms with Crippen molar-refractivity contribution in [3.8, 4) is 0 Å². The first-order valence-corrected chi connectivity index (χ1v) is 9.37. The van der Waals surface area contributed by atoms with Gasteiger partial charge in [0, 0.05) is 44.5 Å². The molecule has 0 bridgehead atoms. The van der Waals surface area contributed by atoms with Crippen molar-refractivity contribution in [2.45, 2.75) is 26.3 Å². The molecule has 4 heteroatoms. The summed E-state index contributed by atoms with van der Waals surface area (Å²) in [6, 6.07) is 17.4. The Kier molecular flexibility index (Phi) is 5.50. The number of carbonyl (C=O) groups excluding carboxylic acids is 1. The predicted octanol–water partition coefficient (Wildman–Crippen LogP) is 3.63. The third-order valence-corrected chi connectivity index (χ3v) is 5.09. The van der Waals surface area contributed by atoms with Crippen LogP contribution in [0.3, 0.4) is 0 Å². The Morgan fingerprint density at radius 3 is 2.46 bits per heavy atom. The highest BCUT2D eigenvalue weighted by Gasteiger charge is 2.27. The SMILES string of the molecule is CC(C)C(=O)NC[C@H](c1ccc(N(C)C)cc1)N1CCc2ccccc21. The van der Waals surface area contributed by atoms with Gasteiger partial charge in [-0.2, -0.15) is 0 Å². The number of carbonyl (C=O) groups is 1. The van der Waals surface area contributed by atoms with Crippen molar-refractivity contribution in [3.05, 3.63) is 59.7 Å². The number of benzene rings is 2. The molecule has 2 aromatic rings. The molecule has 1 heterocycles. The van der Waals surface area contributed by atoms with E-state index in [0.717, 1.165) is 13.0 Å². The van der Waals surface area contributed by atoms with E-state index in [1.54, 1.807) is 0 Å². The molecule has 1 aliphatic heterocycles. The van der Waals surface area contributed by atoms with Crippen LogP contribution in [-0.4, -0.2) is 33.1 Å². The maximum atomic E-state index is 12.1. The summed E-state index contributed by atoms with van der Waals surface area (Å²) in [7, 11) is 4.10. The second-order valence-electron chi connectivity index (χ2n) is 7.47. The molecule has 0 fully saturated rings. The highest BCUT2D eigenvalue weighted by Crippen LogP contribution is 2.35. The second-order valence-corrected chi connectivity index (χ2v) is 7.47. The van der Waals surface area contributed by atoms with E-state index in [0.29, 0.717) is 6.54 Å². The van der Waals surface area contributed by atoms with Crippen LogP contribution in [0, 0.1) is 5.92 Å². The Labute approximate surface area is 156 Å². The molecule has 138 valence electrons. The quantitative estimate of drug-likeness (QED) is 0.863. The number of para-hydroxylation sites is 1. The van der Waals surface area contributed by atoms with E-state index in [4.69, 9.17) is 0 Å². The van der Waals surface area contributed by atoms with E-state index in [-0.39, 0.29) is 17.9 Å². The van der Waals surface area contributed by atoms with Crippen molar-refractivity contribution >= 4 is 17.3 Å². The summed E-state index contributed by atoms with van der Waals surface area (Å²) in [4.78, 5) is 16.7. The topological polar surface area (TPSA) is 35.6 Å².